The monoisotopic (exact) mass is 262 g/mol. The van der Waals surface area contributed by atoms with Gasteiger partial charge in [0.15, 0.2) is 0 Å². The molecule has 5 N–H and O–H groups in total. The second kappa shape index (κ2) is 11.0. The third-order valence-electron chi connectivity index (χ3n) is 0.642. The molecule has 0 bridgehead atoms. The van der Waals surface area contributed by atoms with Crippen molar-refractivity contribution < 1.29 is 38.6 Å². The van der Waals surface area contributed by atoms with Crippen molar-refractivity contribution in [1.29, 1.82) is 0 Å². The minimum atomic E-state index is 0. The average molecular weight is 262 g/mol. The van der Waals surface area contributed by atoms with Gasteiger partial charge in [-0.1, -0.05) is 0 Å². The van der Waals surface area contributed by atoms with Crippen molar-refractivity contribution in [3.8, 4) is 0 Å². The minimum absolute atomic E-state index is 0. The van der Waals surface area contributed by atoms with E-state index in [0.29, 0.717) is 13.1 Å². The zero-order valence-corrected chi connectivity index (χ0v) is 6.96. The smallest absolute Gasteiger partial charge is 0.00750 e. The Hall–Kier alpha value is 1.17. The zero-order valence-electron chi connectivity index (χ0n) is 4.82. The van der Waals surface area contributed by atoms with Crippen molar-refractivity contribution in [2.45, 2.75) is 0 Å². The molecule has 0 aromatic heterocycles. The van der Waals surface area contributed by atoms with Crippen LogP contribution in [-0.2, 0) is 0 Å². The van der Waals surface area contributed by atoms with Crippen LogP contribution in [0.3, 0.4) is 0 Å². The Balaban J connectivity index is 0. The molecule has 0 aromatic carbocycles. The first-order valence-corrected chi connectivity index (χ1v) is 2.52. The SMILES string of the molecule is NCCNCCN.[Tb]. The molecule has 0 fully saturated rings. The van der Waals surface area contributed by atoms with Crippen LogP contribution in [0.1, 0.15) is 0 Å². The van der Waals surface area contributed by atoms with Crippen molar-refractivity contribution in [3.05, 3.63) is 0 Å². The largest absolute Gasteiger partial charge is 0.329 e. The van der Waals surface area contributed by atoms with Crippen LogP contribution in [0.4, 0.5) is 0 Å². The zero-order chi connectivity index (χ0) is 5.54. The Kier molecular flexibility index (Phi) is 16.4. The summed E-state index contributed by atoms with van der Waals surface area (Å²) in [5, 5.41) is 3.03. The molecule has 0 aliphatic heterocycles. The van der Waals surface area contributed by atoms with Crippen LogP contribution in [0.15, 0.2) is 0 Å². The van der Waals surface area contributed by atoms with E-state index in [-0.39, 0.29) is 38.6 Å². The molecule has 4 heteroatoms. The molecule has 0 atom stereocenters. The molecule has 3 nitrogen and oxygen atoms in total. The van der Waals surface area contributed by atoms with E-state index in [1.165, 1.54) is 0 Å². The maximum atomic E-state index is 5.17. The maximum Gasteiger partial charge on any atom is 0.00750 e. The molecule has 0 spiro atoms. The fourth-order valence-electron chi connectivity index (χ4n) is 0.329. The molecule has 1 radical (unpaired) electrons. The van der Waals surface area contributed by atoms with Crippen molar-refractivity contribution in [3.63, 3.8) is 0 Å². The van der Waals surface area contributed by atoms with E-state index in [1.807, 2.05) is 0 Å². The molecular weight excluding hydrogens is 249 g/mol. The second-order valence-electron chi connectivity index (χ2n) is 1.33. The third-order valence-corrected chi connectivity index (χ3v) is 0.642. The first-order chi connectivity index (χ1) is 3.41. The van der Waals surface area contributed by atoms with Gasteiger partial charge in [0, 0.05) is 64.8 Å². The fourth-order valence-corrected chi connectivity index (χ4v) is 0.329. The average Bonchev–Trinajstić information content (AvgIpc) is 1.69. The summed E-state index contributed by atoms with van der Waals surface area (Å²) >= 11 is 0. The van der Waals surface area contributed by atoms with Crippen LogP contribution in [0.2, 0.25) is 0 Å². The van der Waals surface area contributed by atoms with E-state index in [2.05, 4.69) is 5.32 Å². The fraction of sp³-hybridized carbons (Fsp3) is 1.00. The number of hydrogen-bond donors (Lipinski definition) is 3. The van der Waals surface area contributed by atoms with Gasteiger partial charge in [0.1, 0.15) is 0 Å². The molecule has 0 aromatic rings. The molecular formula is C4H13N3Tb. The van der Waals surface area contributed by atoms with Gasteiger partial charge in [0.2, 0.25) is 0 Å². The van der Waals surface area contributed by atoms with E-state index in [0.717, 1.165) is 13.1 Å². The Labute approximate surface area is 81.0 Å². The van der Waals surface area contributed by atoms with Crippen LogP contribution < -0.4 is 16.8 Å². The molecule has 0 saturated carbocycles. The van der Waals surface area contributed by atoms with Crippen LogP contribution in [0, 0.1) is 38.6 Å². The van der Waals surface area contributed by atoms with Crippen molar-refractivity contribution >= 4 is 0 Å². The predicted octanol–water partition coefficient (Wildman–Crippen LogP) is -1.51. The second-order valence-corrected chi connectivity index (χ2v) is 1.33. The van der Waals surface area contributed by atoms with Gasteiger partial charge in [-0.15, -0.1) is 0 Å². The van der Waals surface area contributed by atoms with Crippen LogP contribution >= 0.6 is 0 Å². The molecule has 8 heavy (non-hydrogen) atoms. The molecule has 0 aliphatic rings. The summed E-state index contributed by atoms with van der Waals surface area (Å²) in [5.74, 6) is 0. The number of nitrogens with one attached hydrogen (secondary N) is 1. The Morgan fingerprint density at radius 3 is 1.62 bits per heavy atom. The van der Waals surface area contributed by atoms with Gasteiger partial charge < -0.3 is 16.8 Å². The van der Waals surface area contributed by atoms with Gasteiger partial charge in [-0.2, -0.15) is 0 Å². The Morgan fingerprint density at radius 1 is 1.00 bits per heavy atom. The van der Waals surface area contributed by atoms with Gasteiger partial charge >= 0.3 is 0 Å². The van der Waals surface area contributed by atoms with Crippen LogP contribution in [0.5, 0.6) is 0 Å². The number of rotatable bonds is 4. The summed E-state index contributed by atoms with van der Waals surface area (Å²) in [7, 11) is 0. The number of nitrogens with two attached hydrogens (primary N) is 2. The van der Waals surface area contributed by atoms with Gasteiger partial charge in [0.05, 0.1) is 0 Å². The predicted molar refractivity (Wildman–Crippen MR) is 31.0 cm³/mol. The summed E-state index contributed by atoms with van der Waals surface area (Å²) in [6.07, 6.45) is 0. The normalized spacial score (nSPS) is 8.25. The Morgan fingerprint density at radius 2 is 1.38 bits per heavy atom. The molecule has 0 saturated heterocycles. The van der Waals surface area contributed by atoms with E-state index < -0.39 is 0 Å². The third kappa shape index (κ3) is 10.2. The quantitative estimate of drug-likeness (QED) is 0.540. The summed E-state index contributed by atoms with van der Waals surface area (Å²) in [5.41, 5.74) is 10.3. The van der Waals surface area contributed by atoms with Gasteiger partial charge in [0.25, 0.3) is 0 Å². The summed E-state index contributed by atoms with van der Waals surface area (Å²) in [6, 6.07) is 0. The van der Waals surface area contributed by atoms with Gasteiger partial charge in [-0.3, -0.25) is 0 Å². The van der Waals surface area contributed by atoms with E-state index >= 15 is 0 Å². The molecule has 0 rings (SSSR count). The van der Waals surface area contributed by atoms with Crippen molar-refractivity contribution in [2.75, 3.05) is 26.2 Å². The number of hydrogen-bond acceptors (Lipinski definition) is 3. The van der Waals surface area contributed by atoms with Gasteiger partial charge in [-0.25, -0.2) is 0 Å². The summed E-state index contributed by atoms with van der Waals surface area (Å²) in [4.78, 5) is 0. The van der Waals surface area contributed by atoms with Gasteiger partial charge in [-0.05, 0) is 0 Å². The first-order valence-electron chi connectivity index (χ1n) is 2.52. The summed E-state index contributed by atoms with van der Waals surface area (Å²) in [6.45, 7) is 3.13. The van der Waals surface area contributed by atoms with E-state index in [9.17, 15) is 0 Å². The summed E-state index contributed by atoms with van der Waals surface area (Å²) < 4.78 is 0. The minimum Gasteiger partial charge on any atom is -0.329 e. The van der Waals surface area contributed by atoms with E-state index in [4.69, 9.17) is 11.5 Å². The topological polar surface area (TPSA) is 64.1 Å². The molecule has 0 aliphatic carbocycles. The first kappa shape index (κ1) is 11.9. The maximum absolute atomic E-state index is 5.17. The standard InChI is InChI=1S/C4H13N3.Tb/c5-1-3-7-4-2-6;/h7H,1-6H2;. The molecule has 0 heterocycles. The van der Waals surface area contributed by atoms with E-state index in [1.54, 1.807) is 0 Å². The van der Waals surface area contributed by atoms with Crippen LogP contribution in [-0.4, -0.2) is 26.2 Å². The van der Waals surface area contributed by atoms with Crippen molar-refractivity contribution in [2.24, 2.45) is 11.5 Å². The van der Waals surface area contributed by atoms with Crippen molar-refractivity contribution in [1.82, 2.24) is 5.32 Å². The molecule has 0 unspecified atom stereocenters. The molecule has 53 valence electrons. The van der Waals surface area contributed by atoms with Crippen LogP contribution in [0.25, 0.3) is 0 Å². The Bertz CT molecular complexity index is 30.5. The molecule has 0 amide bonds.